The van der Waals surface area contributed by atoms with Crippen LogP contribution >= 0.6 is 0 Å². The van der Waals surface area contributed by atoms with E-state index in [0.717, 1.165) is 24.8 Å². The number of aromatic hydroxyl groups is 1. The van der Waals surface area contributed by atoms with E-state index in [2.05, 4.69) is 6.92 Å². The number of aliphatic hydroxyl groups is 1. The fourth-order valence-electron chi connectivity index (χ4n) is 5.36. The first-order chi connectivity index (χ1) is 10.0. The first kappa shape index (κ1) is 13.3. The minimum Gasteiger partial charge on any atom is -0.508 e. The second kappa shape index (κ2) is 4.33. The monoisotopic (exact) mass is 286 g/mol. The number of aliphatic hydroxyl groups excluding tert-OH is 1. The van der Waals surface area contributed by atoms with E-state index in [1.54, 1.807) is 12.1 Å². The van der Waals surface area contributed by atoms with Crippen molar-refractivity contribution in [2.45, 2.75) is 51.0 Å². The topological polar surface area (TPSA) is 57.5 Å². The zero-order valence-electron chi connectivity index (χ0n) is 12.4. The molecular formula is C18H22O3. The molecular weight excluding hydrogens is 264 g/mol. The fourth-order valence-corrected chi connectivity index (χ4v) is 5.36. The van der Waals surface area contributed by atoms with E-state index in [0.29, 0.717) is 30.5 Å². The molecule has 4 unspecified atom stereocenters. The summed E-state index contributed by atoms with van der Waals surface area (Å²) >= 11 is 0. The minimum absolute atomic E-state index is 0.201. The molecule has 3 aliphatic carbocycles. The average Bonchev–Trinajstić information content (AvgIpc) is 2.74. The van der Waals surface area contributed by atoms with Gasteiger partial charge in [0.15, 0.2) is 0 Å². The van der Waals surface area contributed by atoms with Gasteiger partial charge in [-0.15, -0.1) is 0 Å². The Hall–Kier alpha value is -1.35. The van der Waals surface area contributed by atoms with Crippen molar-refractivity contribution < 1.29 is 15.0 Å². The highest BCUT2D eigenvalue weighted by Gasteiger charge is 2.56. The van der Waals surface area contributed by atoms with Gasteiger partial charge < -0.3 is 10.2 Å². The Morgan fingerprint density at radius 2 is 2.10 bits per heavy atom. The summed E-state index contributed by atoms with van der Waals surface area (Å²) in [6.07, 6.45) is 3.73. The number of phenols is 1. The van der Waals surface area contributed by atoms with Crippen LogP contribution in [0.2, 0.25) is 0 Å². The molecule has 1 aromatic carbocycles. The molecule has 21 heavy (non-hydrogen) atoms. The van der Waals surface area contributed by atoms with Gasteiger partial charge in [-0.2, -0.15) is 0 Å². The van der Waals surface area contributed by atoms with Gasteiger partial charge in [0, 0.05) is 11.8 Å². The SMILES string of the molecule is CC12CCC3c4ccc(O)cc4C[C@H](O)C3C1CCC2=O. The molecule has 1 aromatic rings. The summed E-state index contributed by atoms with van der Waals surface area (Å²) in [7, 11) is 0. The molecule has 0 radical (unpaired) electrons. The van der Waals surface area contributed by atoms with Crippen molar-refractivity contribution in [2.75, 3.05) is 0 Å². The van der Waals surface area contributed by atoms with Crippen LogP contribution in [0.5, 0.6) is 5.75 Å². The Balaban J connectivity index is 1.77. The molecule has 0 heterocycles. The van der Waals surface area contributed by atoms with E-state index >= 15 is 0 Å². The molecule has 0 aromatic heterocycles. The van der Waals surface area contributed by atoms with Gasteiger partial charge in [-0.25, -0.2) is 0 Å². The highest BCUT2D eigenvalue weighted by molar-refractivity contribution is 5.87. The van der Waals surface area contributed by atoms with Crippen LogP contribution in [0.25, 0.3) is 0 Å². The predicted molar refractivity (Wildman–Crippen MR) is 79.1 cm³/mol. The van der Waals surface area contributed by atoms with Gasteiger partial charge in [0.25, 0.3) is 0 Å². The maximum absolute atomic E-state index is 12.3. The van der Waals surface area contributed by atoms with Crippen LogP contribution < -0.4 is 0 Å². The Kier molecular flexibility index (Phi) is 2.74. The number of hydrogen-bond donors (Lipinski definition) is 2. The summed E-state index contributed by atoms with van der Waals surface area (Å²) in [5.74, 6) is 1.53. The van der Waals surface area contributed by atoms with Gasteiger partial charge in [0.1, 0.15) is 11.5 Å². The molecule has 0 bridgehead atoms. The Bertz CT molecular complexity index is 608. The van der Waals surface area contributed by atoms with Gasteiger partial charge >= 0.3 is 0 Å². The van der Waals surface area contributed by atoms with Crippen LogP contribution in [0.4, 0.5) is 0 Å². The highest BCUT2D eigenvalue weighted by Crippen LogP contribution is 2.59. The second-order valence-corrected chi connectivity index (χ2v) is 7.36. The van der Waals surface area contributed by atoms with Gasteiger partial charge in [-0.05, 0) is 66.7 Å². The third-order valence-electron chi connectivity index (χ3n) is 6.44. The fraction of sp³-hybridized carbons (Fsp3) is 0.611. The van der Waals surface area contributed by atoms with Crippen molar-refractivity contribution in [1.29, 1.82) is 0 Å². The Labute approximate surface area is 125 Å². The van der Waals surface area contributed by atoms with E-state index in [4.69, 9.17) is 0 Å². The first-order valence-electron chi connectivity index (χ1n) is 8.04. The summed E-state index contributed by atoms with van der Waals surface area (Å²) in [6.45, 7) is 2.11. The molecule has 2 N–H and O–H groups in total. The number of fused-ring (bicyclic) bond motifs is 5. The maximum Gasteiger partial charge on any atom is 0.139 e. The van der Waals surface area contributed by atoms with E-state index in [9.17, 15) is 15.0 Å². The van der Waals surface area contributed by atoms with Crippen molar-refractivity contribution in [3.8, 4) is 5.75 Å². The lowest BCUT2D eigenvalue weighted by Gasteiger charge is -2.50. The number of carbonyl (C=O) groups is 1. The van der Waals surface area contributed by atoms with E-state index in [1.165, 1.54) is 5.56 Å². The van der Waals surface area contributed by atoms with Gasteiger partial charge in [-0.1, -0.05) is 13.0 Å². The summed E-state index contributed by atoms with van der Waals surface area (Å²) in [6, 6.07) is 5.57. The Morgan fingerprint density at radius 3 is 2.90 bits per heavy atom. The molecule has 0 spiro atoms. The van der Waals surface area contributed by atoms with E-state index in [1.807, 2.05) is 6.07 Å². The molecule has 112 valence electrons. The van der Waals surface area contributed by atoms with Crippen LogP contribution in [0.15, 0.2) is 18.2 Å². The third kappa shape index (κ3) is 1.73. The molecule has 0 amide bonds. The molecule has 2 saturated carbocycles. The predicted octanol–water partition coefficient (Wildman–Crippen LogP) is 2.79. The van der Waals surface area contributed by atoms with Crippen LogP contribution in [0.3, 0.4) is 0 Å². The van der Waals surface area contributed by atoms with Crippen molar-refractivity contribution in [3.63, 3.8) is 0 Å². The largest absolute Gasteiger partial charge is 0.508 e. The summed E-state index contributed by atoms with van der Waals surface area (Å²) in [4.78, 5) is 12.3. The lowest BCUT2D eigenvalue weighted by atomic mass is 9.55. The van der Waals surface area contributed by atoms with Gasteiger partial charge in [0.2, 0.25) is 0 Å². The Morgan fingerprint density at radius 1 is 1.29 bits per heavy atom. The number of Topliss-reactive ketones (excluding diaryl/α,β-unsaturated/α-hetero) is 1. The molecule has 0 saturated heterocycles. The molecule has 0 aliphatic heterocycles. The lowest BCUT2D eigenvalue weighted by molar-refractivity contribution is -0.131. The van der Waals surface area contributed by atoms with E-state index < -0.39 is 0 Å². The number of phenolic OH excluding ortho intramolecular Hbond substituents is 1. The second-order valence-electron chi connectivity index (χ2n) is 7.36. The third-order valence-corrected chi connectivity index (χ3v) is 6.44. The van der Waals surface area contributed by atoms with Crippen molar-refractivity contribution >= 4 is 5.78 Å². The van der Waals surface area contributed by atoms with Crippen LogP contribution in [0, 0.1) is 17.3 Å². The highest BCUT2D eigenvalue weighted by atomic mass is 16.3. The number of hydrogen-bond acceptors (Lipinski definition) is 3. The zero-order chi connectivity index (χ0) is 14.8. The standard InChI is InChI=1S/C18H22O3/c1-18-7-6-13-12-3-2-11(19)8-10(12)9-15(20)17(13)14(18)4-5-16(18)21/h2-3,8,13-15,17,19-20H,4-7,9H2,1H3/t13?,14?,15-,17?,18?/m0/s1. The molecule has 3 aliphatic rings. The number of rotatable bonds is 0. The molecule has 3 heteroatoms. The van der Waals surface area contributed by atoms with Gasteiger partial charge in [0.05, 0.1) is 6.10 Å². The van der Waals surface area contributed by atoms with Crippen molar-refractivity contribution in [1.82, 2.24) is 0 Å². The summed E-state index contributed by atoms with van der Waals surface area (Å²) < 4.78 is 0. The van der Waals surface area contributed by atoms with Crippen molar-refractivity contribution in [2.24, 2.45) is 17.3 Å². The summed E-state index contributed by atoms with van der Waals surface area (Å²) in [5, 5.41) is 20.4. The van der Waals surface area contributed by atoms with Crippen LogP contribution in [0.1, 0.15) is 49.7 Å². The number of ketones is 1. The minimum atomic E-state index is -0.389. The average molecular weight is 286 g/mol. The molecule has 5 atom stereocenters. The lowest BCUT2D eigenvalue weighted by Crippen LogP contribution is -2.48. The number of benzene rings is 1. The quantitative estimate of drug-likeness (QED) is 0.771. The molecule has 2 fully saturated rings. The van der Waals surface area contributed by atoms with Crippen LogP contribution in [-0.2, 0) is 11.2 Å². The van der Waals surface area contributed by atoms with Crippen molar-refractivity contribution in [3.05, 3.63) is 29.3 Å². The maximum atomic E-state index is 12.3. The summed E-state index contributed by atoms with van der Waals surface area (Å²) in [5.41, 5.74) is 2.15. The van der Waals surface area contributed by atoms with E-state index in [-0.39, 0.29) is 23.2 Å². The first-order valence-corrected chi connectivity index (χ1v) is 8.04. The number of carbonyl (C=O) groups excluding carboxylic acids is 1. The molecule has 4 rings (SSSR count). The smallest absolute Gasteiger partial charge is 0.139 e. The van der Waals surface area contributed by atoms with Crippen LogP contribution in [-0.4, -0.2) is 22.1 Å². The van der Waals surface area contributed by atoms with Gasteiger partial charge in [-0.3, -0.25) is 4.79 Å². The normalized spacial score (nSPS) is 41.3. The zero-order valence-corrected chi connectivity index (χ0v) is 12.4. The molecule has 3 nitrogen and oxygen atoms in total.